The van der Waals surface area contributed by atoms with Crippen molar-refractivity contribution in [3.05, 3.63) is 18.2 Å². The van der Waals surface area contributed by atoms with Crippen molar-refractivity contribution in [1.29, 1.82) is 0 Å². The van der Waals surface area contributed by atoms with Crippen LogP contribution in [0.2, 0.25) is 0 Å². The third-order valence-corrected chi connectivity index (χ3v) is 2.24. The molecule has 3 N–H and O–H groups in total. The van der Waals surface area contributed by atoms with Crippen LogP contribution in [0.5, 0.6) is 0 Å². The zero-order chi connectivity index (χ0) is 11.3. The molecule has 1 amide bonds. The summed E-state index contributed by atoms with van der Waals surface area (Å²) in [6, 6.07) is 0.218. The Morgan fingerprint density at radius 1 is 1.73 bits per heavy atom. The number of nitrogens with zero attached hydrogens (tertiary/aromatic N) is 2. The largest absolute Gasteiger partial charge is 0.352 e. The van der Waals surface area contributed by atoms with Crippen molar-refractivity contribution >= 4 is 5.91 Å². The fraction of sp³-hybridized carbons (Fsp3) is 0.600. The van der Waals surface area contributed by atoms with E-state index in [0.29, 0.717) is 13.1 Å². The first-order valence-corrected chi connectivity index (χ1v) is 5.15. The third kappa shape index (κ3) is 3.71. The number of hydrogen-bond acceptors (Lipinski definition) is 3. The van der Waals surface area contributed by atoms with E-state index in [1.165, 1.54) is 0 Å². The fourth-order valence-corrected chi connectivity index (χ4v) is 1.19. The van der Waals surface area contributed by atoms with Gasteiger partial charge in [0.05, 0.1) is 12.0 Å². The Labute approximate surface area is 89.7 Å². The van der Waals surface area contributed by atoms with Crippen molar-refractivity contribution in [2.75, 3.05) is 0 Å². The van der Waals surface area contributed by atoms with E-state index in [9.17, 15) is 4.79 Å². The molecule has 1 aromatic rings. The molecule has 0 aliphatic heterocycles. The van der Waals surface area contributed by atoms with Crippen LogP contribution in [-0.4, -0.2) is 21.5 Å². The smallest absolute Gasteiger partial charge is 0.240 e. The summed E-state index contributed by atoms with van der Waals surface area (Å²) in [6.45, 7) is 4.73. The molecule has 1 unspecified atom stereocenters. The van der Waals surface area contributed by atoms with E-state index in [-0.39, 0.29) is 11.9 Å². The first-order valence-electron chi connectivity index (χ1n) is 5.15. The molecule has 1 rings (SSSR count). The average Bonchev–Trinajstić information content (AvgIpc) is 2.65. The molecular formula is C10H18N4O. The van der Waals surface area contributed by atoms with Crippen LogP contribution in [0.1, 0.15) is 26.0 Å². The van der Waals surface area contributed by atoms with Gasteiger partial charge in [-0.05, 0) is 13.3 Å². The number of aromatic nitrogens is 2. The van der Waals surface area contributed by atoms with Gasteiger partial charge in [-0.2, -0.15) is 0 Å². The Morgan fingerprint density at radius 2 is 2.47 bits per heavy atom. The summed E-state index contributed by atoms with van der Waals surface area (Å²) in [4.78, 5) is 15.5. The van der Waals surface area contributed by atoms with Crippen molar-refractivity contribution in [3.8, 4) is 0 Å². The molecule has 0 spiro atoms. The highest BCUT2D eigenvalue weighted by molar-refractivity contribution is 5.75. The van der Waals surface area contributed by atoms with Gasteiger partial charge >= 0.3 is 0 Å². The van der Waals surface area contributed by atoms with E-state index in [1.54, 1.807) is 17.1 Å². The number of rotatable bonds is 5. The highest BCUT2D eigenvalue weighted by Crippen LogP contribution is 1.95. The molecule has 5 nitrogen and oxygen atoms in total. The lowest BCUT2D eigenvalue weighted by Gasteiger charge is -2.11. The summed E-state index contributed by atoms with van der Waals surface area (Å²) in [7, 11) is 0. The fourth-order valence-electron chi connectivity index (χ4n) is 1.19. The normalized spacial score (nSPS) is 12.5. The van der Waals surface area contributed by atoms with Gasteiger partial charge in [0.15, 0.2) is 0 Å². The highest BCUT2D eigenvalue weighted by atomic mass is 16.2. The minimum atomic E-state index is 0.00493. The van der Waals surface area contributed by atoms with Gasteiger partial charge in [0.1, 0.15) is 6.54 Å². The topological polar surface area (TPSA) is 72.9 Å². The van der Waals surface area contributed by atoms with Crippen LogP contribution in [-0.2, 0) is 17.9 Å². The first kappa shape index (κ1) is 11.7. The second-order valence-electron chi connectivity index (χ2n) is 3.62. The first-order chi connectivity index (χ1) is 7.15. The van der Waals surface area contributed by atoms with Gasteiger partial charge in [0, 0.05) is 18.8 Å². The van der Waals surface area contributed by atoms with Gasteiger partial charge < -0.3 is 15.6 Å². The molecule has 1 atom stereocenters. The molecule has 84 valence electrons. The lowest BCUT2D eigenvalue weighted by molar-refractivity contribution is -0.122. The molecular weight excluding hydrogens is 192 g/mol. The zero-order valence-corrected chi connectivity index (χ0v) is 9.23. The SMILES string of the molecule is CCC(C)NC(=O)Cn1cnc(CN)c1. The maximum absolute atomic E-state index is 11.5. The van der Waals surface area contributed by atoms with Gasteiger partial charge in [0.2, 0.25) is 5.91 Å². The Hall–Kier alpha value is -1.36. The maximum atomic E-state index is 11.5. The van der Waals surface area contributed by atoms with Crippen molar-refractivity contribution in [3.63, 3.8) is 0 Å². The summed E-state index contributed by atoms with van der Waals surface area (Å²) >= 11 is 0. The standard InChI is InChI=1S/C10H18N4O/c1-3-8(2)13-10(15)6-14-5-9(4-11)12-7-14/h5,7-8H,3-4,6,11H2,1-2H3,(H,13,15). The van der Waals surface area contributed by atoms with E-state index in [1.807, 2.05) is 13.8 Å². The number of imidazole rings is 1. The quantitative estimate of drug-likeness (QED) is 0.732. The van der Waals surface area contributed by atoms with Gasteiger partial charge in [0.25, 0.3) is 0 Å². The van der Waals surface area contributed by atoms with Gasteiger partial charge in [-0.15, -0.1) is 0 Å². The average molecular weight is 210 g/mol. The Balaban J connectivity index is 2.44. The number of nitrogens with one attached hydrogen (secondary N) is 1. The summed E-state index contributed by atoms with van der Waals surface area (Å²) < 4.78 is 1.74. The van der Waals surface area contributed by atoms with Gasteiger partial charge in [-0.3, -0.25) is 4.79 Å². The predicted molar refractivity (Wildman–Crippen MR) is 58.0 cm³/mol. The maximum Gasteiger partial charge on any atom is 0.240 e. The van der Waals surface area contributed by atoms with Crippen LogP contribution in [0.15, 0.2) is 12.5 Å². The Morgan fingerprint density at radius 3 is 3.00 bits per heavy atom. The van der Waals surface area contributed by atoms with Crippen LogP contribution in [0, 0.1) is 0 Å². The second-order valence-corrected chi connectivity index (χ2v) is 3.62. The molecule has 0 saturated carbocycles. The van der Waals surface area contributed by atoms with Crippen molar-refractivity contribution in [2.24, 2.45) is 5.73 Å². The second kappa shape index (κ2) is 5.50. The minimum absolute atomic E-state index is 0.00493. The zero-order valence-electron chi connectivity index (χ0n) is 9.23. The molecule has 0 aliphatic rings. The van der Waals surface area contributed by atoms with E-state index in [4.69, 9.17) is 5.73 Å². The lowest BCUT2D eigenvalue weighted by Crippen LogP contribution is -2.34. The van der Waals surface area contributed by atoms with Gasteiger partial charge in [-0.1, -0.05) is 6.92 Å². The number of carbonyl (C=O) groups excluding carboxylic acids is 1. The molecule has 0 fully saturated rings. The number of hydrogen-bond donors (Lipinski definition) is 2. The highest BCUT2D eigenvalue weighted by Gasteiger charge is 2.06. The monoisotopic (exact) mass is 210 g/mol. The molecule has 1 aromatic heterocycles. The number of carbonyl (C=O) groups is 1. The molecule has 0 bridgehead atoms. The van der Waals surface area contributed by atoms with Crippen LogP contribution in [0.25, 0.3) is 0 Å². The molecule has 0 saturated heterocycles. The van der Waals surface area contributed by atoms with E-state index in [2.05, 4.69) is 10.3 Å². The van der Waals surface area contributed by atoms with Crippen molar-refractivity contribution < 1.29 is 4.79 Å². The van der Waals surface area contributed by atoms with Crippen LogP contribution >= 0.6 is 0 Å². The predicted octanol–water partition coefficient (Wildman–Crippen LogP) is 0.257. The molecule has 5 heteroatoms. The van der Waals surface area contributed by atoms with E-state index in [0.717, 1.165) is 12.1 Å². The molecule has 0 radical (unpaired) electrons. The summed E-state index contributed by atoms with van der Waals surface area (Å²) in [6.07, 6.45) is 4.35. The molecule has 0 aliphatic carbocycles. The minimum Gasteiger partial charge on any atom is -0.352 e. The van der Waals surface area contributed by atoms with Gasteiger partial charge in [-0.25, -0.2) is 4.98 Å². The van der Waals surface area contributed by atoms with Crippen LogP contribution in [0.3, 0.4) is 0 Å². The van der Waals surface area contributed by atoms with Crippen LogP contribution < -0.4 is 11.1 Å². The molecule has 1 heterocycles. The molecule has 15 heavy (non-hydrogen) atoms. The van der Waals surface area contributed by atoms with E-state index < -0.39 is 0 Å². The Bertz CT molecular complexity index is 321. The third-order valence-electron chi connectivity index (χ3n) is 2.24. The van der Waals surface area contributed by atoms with Crippen molar-refractivity contribution in [2.45, 2.75) is 39.4 Å². The molecule has 0 aromatic carbocycles. The summed E-state index contributed by atoms with van der Waals surface area (Å²) in [5.74, 6) is 0.00493. The number of amides is 1. The lowest BCUT2D eigenvalue weighted by atomic mass is 10.2. The summed E-state index contributed by atoms with van der Waals surface area (Å²) in [5.41, 5.74) is 6.22. The van der Waals surface area contributed by atoms with E-state index >= 15 is 0 Å². The van der Waals surface area contributed by atoms with Crippen LogP contribution in [0.4, 0.5) is 0 Å². The summed E-state index contributed by atoms with van der Waals surface area (Å²) in [5, 5.41) is 2.89. The number of nitrogens with two attached hydrogens (primary N) is 1. The Kier molecular flexibility index (Phi) is 4.30. The van der Waals surface area contributed by atoms with Crippen molar-refractivity contribution in [1.82, 2.24) is 14.9 Å².